The van der Waals surface area contributed by atoms with Gasteiger partial charge in [0.05, 0.1) is 17.8 Å². The third-order valence-corrected chi connectivity index (χ3v) is 5.00. The van der Waals surface area contributed by atoms with Gasteiger partial charge in [-0.1, -0.05) is 6.07 Å². The van der Waals surface area contributed by atoms with Crippen molar-refractivity contribution < 1.29 is 9.53 Å². The van der Waals surface area contributed by atoms with E-state index in [0.717, 1.165) is 25.1 Å². The molecule has 1 aromatic heterocycles. The van der Waals surface area contributed by atoms with Crippen molar-refractivity contribution in [3.05, 3.63) is 40.1 Å². The highest BCUT2D eigenvalue weighted by Gasteiger charge is 2.29. The number of piperidine rings is 1. The van der Waals surface area contributed by atoms with Crippen LogP contribution in [0.1, 0.15) is 34.9 Å². The van der Waals surface area contributed by atoms with Crippen LogP contribution in [-0.2, 0) is 0 Å². The largest absolute Gasteiger partial charge is 0.489 e. The Bertz CT molecular complexity index is 835. The zero-order valence-corrected chi connectivity index (χ0v) is 14.1. The number of hydrogen-bond donors (Lipinski definition) is 2. The number of amides is 1. The minimum atomic E-state index is -0.286. The van der Waals surface area contributed by atoms with Crippen molar-refractivity contribution >= 4 is 11.6 Å². The van der Waals surface area contributed by atoms with Gasteiger partial charge in [-0.15, -0.1) is 0 Å². The van der Waals surface area contributed by atoms with Crippen LogP contribution in [-0.4, -0.2) is 59.3 Å². The zero-order chi connectivity index (χ0) is 17.4. The highest BCUT2D eigenvalue weighted by Crippen LogP contribution is 2.35. The molecule has 0 spiro atoms. The number of hydrogen-bond acceptors (Lipinski definition) is 5. The molecule has 1 amide bonds. The molecule has 25 heavy (non-hydrogen) atoms. The number of para-hydroxylation sites is 1. The Hall–Kier alpha value is -2.77. The number of nitrogens with one attached hydrogen (secondary N) is 2. The Morgan fingerprint density at radius 1 is 1.28 bits per heavy atom. The number of carbonyl (C=O) groups excluding carboxylic acids is 1. The Labute approximate surface area is 144 Å². The van der Waals surface area contributed by atoms with Crippen LogP contribution in [0.5, 0.6) is 5.75 Å². The van der Waals surface area contributed by atoms with Crippen molar-refractivity contribution in [2.45, 2.75) is 18.8 Å². The summed E-state index contributed by atoms with van der Waals surface area (Å²) < 4.78 is 5.79. The molecule has 4 rings (SSSR count). The lowest BCUT2D eigenvalue weighted by molar-refractivity contribution is 0.0706. The summed E-state index contributed by atoms with van der Waals surface area (Å²) in [7, 11) is 2.01. The SMILES string of the molecule is CN1CCOc2c(C(=O)N3CCC(c4n[nH]c(=O)[nH]4)CC3)cccc21. The van der Waals surface area contributed by atoms with Gasteiger partial charge in [-0.3, -0.25) is 9.78 Å². The summed E-state index contributed by atoms with van der Waals surface area (Å²) in [5.74, 6) is 1.54. The fourth-order valence-corrected chi connectivity index (χ4v) is 3.55. The van der Waals surface area contributed by atoms with E-state index < -0.39 is 0 Å². The topological polar surface area (TPSA) is 94.3 Å². The average Bonchev–Trinajstić information content (AvgIpc) is 3.08. The Kier molecular flexibility index (Phi) is 3.95. The molecule has 0 atom stereocenters. The standard InChI is InChI=1S/C17H21N5O3/c1-21-9-10-25-14-12(3-2-4-13(14)21)16(23)22-7-5-11(6-8-22)15-18-17(24)20-19-15/h2-4,11H,5-10H2,1H3,(H2,18,19,20,24). The average molecular weight is 343 g/mol. The summed E-state index contributed by atoms with van der Waals surface area (Å²) in [4.78, 5) is 30.8. The van der Waals surface area contributed by atoms with Gasteiger partial charge < -0.3 is 14.5 Å². The normalized spacial score (nSPS) is 18.0. The van der Waals surface area contributed by atoms with E-state index in [4.69, 9.17) is 4.74 Å². The molecule has 1 fully saturated rings. The number of likely N-dealkylation sites (N-methyl/N-ethyl adjacent to an activating group) is 1. The van der Waals surface area contributed by atoms with E-state index in [9.17, 15) is 9.59 Å². The number of likely N-dealkylation sites (tertiary alicyclic amines) is 1. The molecule has 2 N–H and O–H groups in total. The van der Waals surface area contributed by atoms with Gasteiger partial charge >= 0.3 is 5.69 Å². The number of nitrogens with zero attached hydrogens (tertiary/aromatic N) is 3. The first-order chi connectivity index (χ1) is 12.1. The van der Waals surface area contributed by atoms with Crippen LogP contribution in [0.15, 0.2) is 23.0 Å². The number of fused-ring (bicyclic) bond motifs is 1. The minimum absolute atomic E-state index is 0.00104. The van der Waals surface area contributed by atoms with Crippen LogP contribution in [0, 0.1) is 0 Å². The van der Waals surface area contributed by atoms with Gasteiger partial charge in [0.2, 0.25) is 0 Å². The second kappa shape index (κ2) is 6.27. The number of anilines is 1. The van der Waals surface area contributed by atoms with Crippen molar-refractivity contribution in [1.29, 1.82) is 0 Å². The third kappa shape index (κ3) is 2.88. The lowest BCUT2D eigenvalue weighted by atomic mass is 9.95. The summed E-state index contributed by atoms with van der Waals surface area (Å²) in [5, 5.41) is 6.41. The molecule has 2 aromatic rings. The predicted molar refractivity (Wildman–Crippen MR) is 92.3 cm³/mol. The minimum Gasteiger partial charge on any atom is -0.489 e. The molecule has 0 aliphatic carbocycles. The molecule has 0 saturated carbocycles. The number of carbonyl (C=O) groups is 1. The molecular weight excluding hydrogens is 322 g/mol. The van der Waals surface area contributed by atoms with E-state index in [0.29, 0.717) is 36.8 Å². The fraction of sp³-hybridized carbons (Fsp3) is 0.471. The molecule has 8 heteroatoms. The smallest absolute Gasteiger partial charge is 0.340 e. The van der Waals surface area contributed by atoms with Crippen molar-refractivity contribution in [3.63, 3.8) is 0 Å². The van der Waals surface area contributed by atoms with Crippen molar-refractivity contribution in [1.82, 2.24) is 20.1 Å². The lowest BCUT2D eigenvalue weighted by Crippen LogP contribution is -2.39. The monoisotopic (exact) mass is 343 g/mol. The maximum Gasteiger partial charge on any atom is 0.340 e. The molecule has 1 saturated heterocycles. The van der Waals surface area contributed by atoms with Crippen molar-refractivity contribution in [2.24, 2.45) is 0 Å². The Morgan fingerprint density at radius 3 is 2.80 bits per heavy atom. The molecule has 2 aliphatic heterocycles. The van der Waals surface area contributed by atoms with E-state index in [1.54, 1.807) is 0 Å². The Balaban J connectivity index is 1.50. The number of benzene rings is 1. The first kappa shape index (κ1) is 15.7. The summed E-state index contributed by atoms with van der Waals surface area (Å²) in [6.07, 6.45) is 1.56. The van der Waals surface area contributed by atoms with Crippen LogP contribution >= 0.6 is 0 Å². The summed E-state index contributed by atoms with van der Waals surface area (Å²) in [6.45, 7) is 2.68. The van der Waals surface area contributed by atoms with Gasteiger partial charge in [-0.05, 0) is 25.0 Å². The molecule has 0 unspecified atom stereocenters. The zero-order valence-electron chi connectivity index (χ0n) is 14.1. The van der Waals surface area contributed by atoms with E-state index >= 15 is 0 Å². The molecule has 0 radical (unpaired) electrons. The Morgan fingerprint density at radius 2 is 2.08 bits per heavy atom. The van der Waals surface area contributed by atoms with E-state index in [-0.39, 0.29) is 17.5 Å². The van der Waals surface area contributed by atoms with Gasteiger partial charge in [0.1, 0.15) is 12.4 Å². The molecular formula is C17H21N5O3. The summed E-state index contributed by atoms with van der Waals surface area (Å²) in [5.41, 5.74) is 1.29. The number of ether oxygens (including phenoxy) is 1. The quantitative estimate of drug-likeness (QED) is 0.846. The molecule has 8 nitrogen and oxygen atoms in total. The van der Waals surface area contributed by atoms with Gasteiger partial charge in [-0.2, -0.15) is 5.10 Å². The van der Waals surface area contributed by atoms with Crippen molar-refractivity contribution in [2.75, 3.05) is 38.2 Å². The molecule has 3 heterocycles. The number of aromatic nitrogens is 3. The maximum atomic E-state index is 13.0. The van der Waals surface area contributed by atoms with Crippen molar-refractivity contribution in [3.8, 4) is 5.75 Å². The first-order valence-electron chi connectivity index (χ1n) is 8.54. The third-order valence-electron chi connectivity index (χ3n) is 5.00. The number of H-pyrrole nitrogens is 2. The van der Waals surface area contributed by atoms with Crippen LogP contribution in [0.3, 0.4) is 0 Å². The van der Waals surface area contributed by atoms with Crippen LogP contribution in [0.2, 0.25) is 0 Å². The molecule has 0 bridgehead atoms. The predicted octanol–water partition coefficient (Wildman–Crippen LogP) is 0.946. The second-order valence-corrected chi connectivity index (χ2v) is 6.55. The van der Waals surface area contributed by atoms with Gasteiger partial charge in [0.15, 0.2) is 5.75 Å². The summed E-state index contributed by atoms with van der Waals surface area (Å²) >= 11 is 0. The van der Waals surface area contributed by atoms with Crippen LogP contribution in [0.4, 0.5) is 5.69 Å². The summed E-state index contributed by atoms with van der Waals surface area (Å²) in [6, 6.07) is 5.71. The van der Waals surface area contributed by atoms with Gasteiger partial charge in [-0.25, -0.2) is 9.89 Å². The highest BCUT2D eigenvalue weighted by atomic mass is 16.5. The highest BCUT2D eigenvalue weighted by molar-refractivity contribution is 5.99. The van der Waals surface area contributed by atoms with E-state index in [2.05, 4.69) is 20.1 Å². The fourth-order valence-electron chi connectivity index (χ4n) is 3.55. The maximum absolute atomic E-state index is 13.0. The molecule has 2 aliphatic rings. The van der Waals surface area contributed by atoms with E-state index in [1.165, 1.54) is 0 Å². The van der Waals surface area contributed by atoms with Crippen LogP contribution < -0.4 is 15.3 Å². The van der Waals surface area contributed by atoms with E-state index in [1.807, 2.05) is 30.1 Å². The lowest BCUT2D eigenvalue weighted by Gasteiger charge is -2.33. The van der Waals surface area contributed by atoms with Crippen LogP contribution in [0.25, 0.3) is 0 Å². The number of aromatic amines is 2. The van der Waals surface area contributed by atoms with Gasteiger partial charge in [0, 0.05) is 26.1 Å². The van der Waals surface area contributed by atoms with Gasteiger partial charge in [0.25, 0.3) is 5.91 Å². The molecule has 1 aromatic carbocycles. The second-order valence-electron chi connectivity index (χ2n) is 6.55. The first-order valence-corrected chi connectivity index (χ1v) is 8.54. The molecule has 132 valence electrons. The number of rotatable bonds is 2.